The summed E-state index contributed by atoms with van der Waals surface area (Å²) in [5.41, 5.74) is 0.640. The zero-order valence-electron chi connectivity index (χ0n) is 13.6. The number of carbonyl (C=O) groups is 1. The maximum Gasteiger partial charge on any atom is 0.255 e. The standard InChI is InChI=1S/C16H20N4O3S/c1-2-5-19-6-7-20(15-11-24(22,23)10-14(15)19)16(21)12-3-4-13(8-17)18-9-12/h3-4,9,14-15H,2,5-7,10-11H2,1H3/t14-,15+/m1/s1. The second kappa shape index (κ2) is 6.49. The third kappa shape index (κ3) is 3.14. The Hall–Kier alpha value is -1.98. The van der Waals surface area contributed by atoms with Gasteiger partial charge in [-0.1, -0.05) is 6.92 Å². The van der Waals surface area contributed by atoms with Crippen molar-refractivity contribution in [3.63, 3.8) is 0 Å². The molecule has 1 aromatic heterocycles. The van der Waals surface area contributed by atoms with Gasteiger partial charge in [0.1, 0.15) is 11.8 Å². The first-order valence-corrected chi connectivity index (χ1v) is 9.89. The van der Waals surface area contributed by atoms with E-state index in [1.54, 1.807) is 11.0 Å². The van der Waals surface area contributed by atoms with Crippen LogP contribution < -0.4 is 0 Å². The first-order chi connectivity index (χ1) is 11.4. The number of piperazine rings is 1. The van der Waals surface area contributed by atoms with Gasteiger partial charge in [0.05, 0.1) is 23.1 Å². The minimum atomic E-state index is -3.13. The molecule has 2 fully saturated rings. The van der Waals surface area contributed by atoms with Gasteiger partial charge in [-0.15, -0.1) is 0 Å². The topological polar surface area (TPSA) is 94.4 Å². The molecule has 0 radical (unpaired) electrons. The normalized spacial score (nSPS) is 25.9. The highest BCUT2D eigenvalue weighted by Gasteiger charge is 2.47. The van der Waals surface area contributed by atoms with E-state index in [0.717, 1.165) is 13.0 Å². The van der Waals surface area contributed by atoms with Gasteiger partial charge in [0.2, 0.25) is 0 Å². The molecule has 2 aliphatic rings. The van der Waals surface area contributed by atoms with Crippen molar-refractivity contribution in [2.45, 2.75) is 25.4 Å². The zero-order chi connectivity index (χ0) is 17.3. The Morgan fingerprint density at radius 2 is 2.08 bits per heavy atom. The van der Waals surface area contributed by atoms with E-state index >= 15 is 0 Å². The van der Waals surface area contributed by atoms with Crippen molar-refractivity contribution in [3.8, 4) is 6.07 Å². The van der Waals surface area contributed by atoms with Crippen LogP contribution in [0.2, 0.25) is 0 Å². The number of nitrogens with zero attached hydrogens (tertiary/aromatic N) is 4. The first-order valence-electron chi connectivity index (χ1n) is 8.07. The van der Waals surface area contributed by atoms with Gasteiger partial charge in [-0.2, -0.15) is 5.26 Å². The van der Waals surface area contributed by atoms with E-state index in [-0.39, 0.29) is 35.2 Å². The van der Waals surface area contributed by atoms with Gasteiger partial charge in [-0.25, -0.2) is 13.4 Å². The number of hydrogen-bond donors (Lipinski definition) is 0. The minimum Gasteiger partial charge on any atom is -0.332 e. The van der Waals surface area contributed by atoms with E-state index in [1.807, 2.05) is 6.07 Å². The van der Waals surface area contributed by atoms with Crippen LogP contribution in [0.1, 0.15) is 29.4 Å². The Morgan fingerprint density at radius 3 is 2.71 bits per heavy atom. The smallest absolute Gasteiger partial charge is 0.255 e. The molecule has 0 aromatic carbocycles. The van der Waals surface area contributed by atoms with Crippen LogP contribution in [0.4, 0.5) is 0 Å². The number of pyridine rings is 1. The minimum absolute atomic E-state index is 0.0212. The molecule has 0 bridgehead atoms. The maximum atomic E-state index is 12.8. The molecule has 24 heavy (non-hydrogen) atoms. The van der Waals surface area contributed by atoms with Crippen LogP contribution in [0, 0.1) is 11.3 Å². The number of fused-ring (bicyclic) bond motifs is 1. The van der Waals surface area contributed by atoms with Crippen molar-refractivity contribution >= 4 is 15.7 Å². The van der Waals surface area contributed by atoms with Gasteiger partial charge in [-0.3, -0.25) is 9.69 Å². The van der Waals surface area contributed by atoms with Crippen LogP contribution in [-0.4, -0.2) is 72.3 Å². The molecule has 0 spiro atoms. The van der Waals surface area contributed by atoms with Gasteiger partial charge >= 0.3 is 0 Å². The average molecular weight is 348 g/mol. The van der Waals surface area contributed by atoms with Crippen LogP contribution in [0.3, 0.4) is 0 Å². The summed E-state index contributed by atoms with van der Waals surface area (Å²) in [5.74, 6) is -0.0735. The number of hydrogen-bond acceptors (Lipinski definition) is 6. The molecular formula is C16H20N4O3S. The molecule has 2 saturated heterocycles. The molecule has 128 valence electrons. The monoisotopic (exact) mass is 348 g/mol. The lowest BCUT2D eigenvalue weighted by molar-refractivity contribution is 0.0333. The van der Waals surface area contributed by atoms with Crippen LogP contribution in [0.15, 0.2) is 18.3 Å². The summed E-state index contributed by atoms with van der Waals surface area (Å²) < 4.78 is 24.2. The third-order valence-corrected chi connectivity index (χ3v) is 6.39. The highest BCUT2D eigenvalue weighted by atomic mass is 32.2. The molecule has 3 rings (SSSR count). The molecule has 0 saturated carbocycles. The molecule has 0 N–H and O–H groups in total. The SMILES string of the molecule is CCCN1CCN(C(=O)c2ccc(C#N)nc2)[C@H]2CS(=O)(=O)C[C@H]21. The number of carbonyl (C=O) groups excluding carboxylic acids is 1. The summed E-state index contributed by atoms with van der Waals surface area (Å²) in [6, 6.07) is 4.56. The number of aromatic nitrogens is 1. The molecule has 0 unspecified atom stereocenters. The second-order valence-corrected chi connectivity index (χ2v) is 8.44. The van der Waals surface area contributed by atoms with Crippen LogP contribution in [-0.2, 0) is 9.84 Å². The van der Waals surface area contributed by atoms with Gasteiger partial charge in [0.15, 0.2) is 9.84 Å². The Morgan fingerprint density at radius 1 is 1.33 bits per heavy atom. The predicted molar refractivity (Wildman–Crippen MR) is 88.1 cm³/mol. The van der Waals surface area contributed by atoms with E-state index < -0.39 is 9.84 Å². The lowest BCUT2D eigenvalue weighted by atomic mass is 10.0. The highest BCUT2D eigenvalue weighted by molar-refractivity contribution is 7.91. The molecule has 7 nitrogen and oxygen atoms in total. The van der Waals surface area contributed by atoms with E-state index in [4.69, 9.17) is 5.26 Å². The third-order valence-electron chi connectivity index (χ3n) is 4.69. The van der Waals surface area contributed by atoms with E-state index in [0.29, 0.717) is 18.7 Å². The highest BCUT2D eigenvalue weighted by Crippen LogP contribution is 2.28. The number of sulfone groups is 1. The number of nitriles is 1. The quantitative estimate of drug-likeness (QED) is 0.779. The van der Waals surface area contributed by atoms with Crippen LogP contribution >= 0.6 is 0 Å². The molecule has 3 heterocycles. The van der Waals surface area contributed by atoms with Gasteiger partial charge in [0.25, 0.3) is 5.91 Å². The van der Waals surface area contributed by atoms with Crippen molar-refractivity contribution in [2.75, 3.05) is 31.1 Å². The van der Waals surface area contributed by atoms with Crippen molar-refractivity contribution in [1.29, 1.82) is 5.26 Å². The summed E-state index contributed by atoms with van der Waals surface area (Å²) in [6.45, 7) is 4.10. The van der Waals surface area contributed by atoms with Crippen molar-refractivity contribution < 1.29 is 13.2 Å². The van der Waals surface area contributed by atoms with Gasteiger partial charge in [0, 0.05) is 25.3 Å². The number of amides is 1. The largest absolute Gasteiger partial charge is 0.332 e. The summed E-state index contributed by atoms with van der Waals surface area (Å²) in [4.78, 5) is 20.6. The molecule has 1 amide bonds. The van der Waals surface area contributed by atoms with Crippen LogP contribution in [0.5, 0.6) is 0 Å². The predicted octanol–water partition coefficient (Wildman–Crippen LogP) is 0.287. The van der Waals surface area contributed by atoms with E-state index in [9.17, 15) is 13.2 Å². The lowest BCUT2D eigenvalue weighted by Crippen LogP contribution is -2.60. The van der Waals surface area contributed by atoms with Gasteiger partial charge in [-0.05, 0) is 25.1 Å². The van der Waals surface area contributed by atoms with Crippen molar-refractivity contribution in [2.24, 2.45) is 0 Å². The molecule has 0 aliphatic carbocycles. The summed E-state index contributed by atoms with van der Waals surface area (Å²) in [5, 5.41) is 8.80. The second-order valence-electron chi connectivity index (χ2n) is 6.29. The Balaban J connectivity index is 1.85. The molecular weight excluding hydrogens is 328 g/mol. The Kier molecular flexibility index (Phi) is 4.56. The van der Waals surface area contributed by atoms with Crippen LogP contribution in [0.25, 0.3) is 0 Å². The maximum absolute atomic E-state index is 12.8. The molecule has 2 aliphatic heterocycles. The van der Waals surface area contributed by atoms with Gasteiger partial charge < -0.3 is 4.90 Å². The van der Waals surface area contributed by atoms with E-state index in [2.05, 4.69) is 16.8 Å². The fourth-order valence-electron chi connectivity index (χ4n) is 3.59. The van der Waals surface area contributed by atoms with Crippen molar-refractivity contribution in [1.82, 2.24) is 14.8 Å². The fourth-order valence-corrected chi connectivity index (χ4v) is 5.61. The molecule has 2 atom stereocenters. The summed E-state index contributed by atoms with van der Waals surface area (Å²) in [6.07, 6.45) is 2.34. The summed E-state index contributed by atoms with van der Waals surface area (Å²) >= 11 is 0. The molecule has 8 heteroatoms. The average Bonchev–Trinajstić information content (AvgIpc) is 2.90. The molecule has 1 aromatic rings. The summed E-state index contributed by atoms with van der Waals surface area (Å²) in [7, 11) is -3.13. The Labute approximate surface area is 141 Å². The van der Waals surface area contributed by atoms with Crippen molar-refractivity contribution in [3.05, 3.63) is 29.6 Å². The lowest BCUT2D eigenvalue weighted by Gasteiger charge is -2.43. The fraction of sp³-hybridized carbons (Fsp3) is 0.562. The first kappa shape index (κ1) is 16.9. The number of rotatable bonds is 3. The van der Waals surface area contributed by atoms with E-state index in [1.165, 1.54) is 12.3 Å². The zero-order valence-corrected chi connectivity index (χ0v) is 14.4. The Bertz CT molecular complexity index is 770.